The van der Waals surface area contributed by atoms with Crippen molar-refractivity contribution in [2.45, 2.75) is 44.9 Å². The number of nitrogens with zero attached hydrogens (tertiary/aromatic N) is 3. The Morgan fingerprint density at radius 1 is 1.11 bits per heavy atom. The van der Waals surface area contributed by atoms with Crippen molar-refractivity contribution >= 4 is 11.8 Å². The summed E-state index contributed by atoms with van der Waals surface area (Å²) in [7, 11) is 0. The van der Waals surface area contributed by atoms with Crippen molar-refractivity contribution in [3.63, 3.8) is 0 Å². The van der Waals surface area contributed by atoms with Crippen LogP contribution < -0.4 is 10.6 Å². The minimum atomic E-state index is 0.298. The van der Waals surface area contributed by atoms with Crippen molar-refractivity contribution in [2.75, 3.05) is 11.6 Å². The molecule has 0 bridgehead atoms. The van der Waals surface area contributed by atoms with Crippen LogP contribution in [-0.2, 0) is 13.0 Å². The van der Waals surface area contributed by atoms with Gasteiger partial charge in [-0.15, -0.1) is 10.2 Å². The van der Waals surface area contributed by atoms with Gasteiger partial charge in [-0.05, 0) is 42.0 Å². The number of nitrogen functional groups attached to an aromatic ring is 1. The number of ether oxygens (including phenoxy) is 1. The second-order valence-corrected chi connectivity index (χ2v) is 7.90. The number of thioether (sulfide) groups is 1. The third kappa shape index (κ3) is 5.04. The van der Waals surface area contributed by atoms with E-state index in [-0.39, 0.29) is 0 Å². The molecular formula is C21H26N4OS. The summed E-state index contributed by atoms with van der Waals surface area (Å²) in [5.41, 5.74) is 3.65. The summed E-state index contributed by atoms with van der Waals surface area (Å²) in [4.78, 5) is 0. The van der Waals surface area contributed by atoms with Gasteiger partial charge < -0.3 is 10.6 Å². The van der Waals surface area contributed by atoms with Gasteiger partial charge in [0.05, 0.1) is 0 Å². The number of hydrogen-bond donors (Lipinski definition) is 1. The smallest absolute Gasteiger partial charge is 0.209 e. The van der Waals surface area contributed by atoms with Gasteiger partial charge in [-0.3, -0.25) is 0 Å². The van der Waals surface area contributed by atoms with E-state index in [9.17, 15) is 0 Å². The highest BCUT2D eigenvalue weighted by atomic mass is 32.2. The molecule has 3 rings (SSSR count). The van der Waals surface area contributed by atoms with E-state index in [4.69, 9.17) is 10.6 Å². The fourth-order valence-corrected chi connectivity index (χ4v) is 3.66. The summed E-state index contributed by atoms with van der Waals surface area (Å²) < 4.78 is 7.55. The third-order valence-electron chi connectivity index (χ3n) is 4.35. The quantitative estimate of drug-likeness (QED) is 0.464. The number of aryl methyl sites for hydroxylation is 2. The molecule has 0 amide bonds. The van der Waals surface area contributed by atoms with E-state index in [2.05, 4.69) is 73.4 Å². The van der Waals surface area contributed by atoms with E-state index in [0.717, 1.165) is 17.9 Å². The molecule has 6 heteroatoms. The molecular weight excluding hydrogens is 356 g/mol. The lowest BCUT2D eigenvalue weighted by molar-refractivity contribution is 0.287. The molecule has 0 atom stereocenters. The number of aromatic nitrogens is 3. The molecule has 0 aliphatic carbocycles. The average Bonchev–Trinajstić information content (AvgIpc) is 3.00. The first-order valence-corrected chi connectivity index (χ1v) is 10.1. The normalized spacial score (nSPS) is 11.1. The van der Waals surface area contributed by atoms with Crippen LogP contribution in [0.1, 0.15) is 42.3 Å². The summed E-state index contributed by atoms with van der Waals surface area (Å²) in [5.74, 6) is 8.95. The van der Waals surface area contributed by atoms with Crippen molar-refractivity contribution in [2.24, 2.45) is 0 Å². The molecule has 0 radical (unpaired) electrons. The second kappa shape index (κ2) is 8.95. The Morgan fingerprint density at radius 2 is 1.89 bits per heavy atom. The van der Waals surface area contributed by atoms with Gasteiger partial charge in [-0.1, -0.05) is 68.1 Å². The van der Waals surface area contributed by atoms with E-state index >= 15 is 0 Å². The van der Waals surface area contributed by atoms with E-state index in [0.29, 0.717) is 23.5 Å². The SMILES string of the molecule is Cc1ccc(C(C)C)c(OCc2nnc(SCCc3ccccc3)n2N)c1. The first kappa shape index (κ1) is 19.3. The van der Waals surface area contributed by atoms with Gasteiger partial charge in [-0.2, -0.15) is 0 Å². The number of hydrogen-bond acceptors (Lipinski definition) is 5. The summed E-state index contributed by atoms with van der Waals surface area (Å²) in [6, 6.07) is 16.7. The Hall–Kier alpha value is -2.47. The average molecular weight is 383 g/mol. The van der Waals surface area contributed by atoms with Crippen molar-refractivity contribution < 1.29 is 4.74 Å². The van der Waals surface area contributed by atoms with Gasteiger partial charge in [0.1, 0.15) is 12.4 Å². The Labute approximate surface area is 164 Å². The van der Waals surface area contributed by atoms with Gasteiger partial charge in [0, 0.05) is 5.75 Å². The van der Waals surface area contributed by atoms with Crippen LogP contribution in [0.25, 0.3) is 0 Å². The zero-order valence-electron chi connectivity index (χ0n) is 16.1. The lowest BCUT2D eigenvalue weighted by atomic mass is 10.0. The summed E-state index contributed by atoms with van der Waals surface area (Å²) >= 11 is 1.60. The largest absolute Gasteiger partial charge is 0.485 e. The van der Waals surface area contributed by atoms with Gasteiger partial charge in [0.25, 0.3) is 0 Å². The summed E-state index contributed by atoms with van der Waals surface area (Å²) in [6.45, 7) is 6.67. The van der Waals surface area contributed by atoms with E-state index in [1.54, 1.807) is 11.8 Å². The van der Waals surface area contributed by atoms with E-state index < -0.39 is 0 Å². The molecule has 0 fully saturated rings. The van der Waals surface area contributed by atoms with Crippen molar-refractivity contribution in [3.8, 4) is 5.75 Å². The van der Waals surface area contributed by atoms with Gasteiger partial charge >= 0.3 is 0 Å². The standard InChI is InChI=1S/C21H26N4OS/c1-15(2)18-10-9-16(3)13-19(18)26-14-20-23-24-21(25(20)22)27-12-11-17-7-5-4-6-8-17/h4-10,13,15H,11-12,14,22H2,1-3H3. The molecule has 1 heterocycles. The van der Waals surface area contributed by atoms with Crippen LogP contribution in [0, 0.1) is 6.92 Å². The van der Waals surface area contributed by atoms with Gasteiger partial charge in [-0.25, -0.2) is 4.68 Å². The van der Waals surface area contributed by atoms with Crippen molar-refractivity contribution in [1.29, 1.82) is 0 Å². The van der Waals surface area contributed by atoms with Gasteiger partial charge in [0.2, 0.25) is 5.16 Å². The Kier molecular flexibility index (Phi) is 6.40. The third-order valence-corrected chi connectivity index (χ3v) is 5.29. The Balaban J connectivity index is 1.60. The maximum absolute atomic E-state index is 6.17. The number of rotatable bonds is 8. The molecule has 0 saturated carbocycles. The zero-order valence-corrected chi connectivity index (χ0v) is 16.9. The highest BCUT2D eigenvalue weighted by molar-refractivity contribution is 7.99. The minimum Gasteiger partial charge on any atom is -0.485 e. The van der Waals surface area contributed by atoms with E-state index in [1.807, 2.05) is 6.07 Å². The molecule has 0 unspecified atom stereocenters. The molecule has 5 nitrogen and oxygen atoms in total. The lowest BCUT2D eigenvalue weighted by Gasteiger charge is -2.14. The first-order valence-electron chi connectivity index (χ1n) is 9.14. The second-order valence-electron chi connectivity index (χ2n) is 6.84. The van der Waals surface area contributed by atoms with Crippen LogP contribution in [0.4, 0.5) is 0 Å². The zero-order chi connectivity index (χ0) is 19.2. The minimum absolute atomic E-state index is 0.298. The summed E-state index contributed by atoms with van der Waals surface area (Å²) in [6.07, 6.45) is 0.964. The molecule has 2 N–H and O–H groups in total. The molecule has 2 aromatic carbocycles. The fourth-order valence-electron chi connectivity index (χ4n) is 2.79. The van der Waals surface area contributed by atoms with Crippen LogP contribution >= 0.6 is 11.8 Å². The Morgan fingerprint density at radius 3 is 2.63 bits per heavy atom. The molecule has 142 valence electrons. The molecule has 1 aromatic heterocycles. The van der Waals surface area contributed by atoms with Crippen LogP contribution in [0.3, 0.4) is 0 Å². The fraction of sp³-hybridized carbons (Fsp3) is 0.333. The first-order chi connectivity index (χ1) is 13.0. The molecule has 0 spiro atoms. The van der Waals surface area contributed by atoms with Crippen LogP contribution in [-0.4, -0.2) is 20.6 Å². The maximum atomic E-state index is 6.17. The maximum Gasteiger partial charge on any atom is 0.209 e. The molecule has 3 aromatic rings. The lowest BCUT2D eigenvalue weighted by Crippen LogP contribution is -2.16. The number of benzene rings is 2. The highest BCUT2D eigenvalue weighted by Crippen LogP contribution is 2.28. The van der Waals surface area contributed by atoms with E-state index in [1.165, 1.54) is 21.4 Å². The van der Waals surface area contributed by atoms with Crippen LogP contribution in [0.5, 0.6) is 5.75 Å². The molecule has 0 aliphatic heterocycles. The van der Waals surface area contributed by atoms with Crippen LogP contribution in [0.2, 0.25) is 0 Å². The Bertz CT molecular complexity index is 877. The number of nitrogens with two attached hydrogens (primary N) is 1. The highest BCUT2D eigenvalue weighted by Gasteiger charge is 2.13. The summed E-state index contributed by atoms with van der Waals surface area (Å²) in [5, 5.41) is 9.11. The topological polar surface area (TPSA) is 66.0 Å². The predicted molar refractivity (Wildman–Crippen MR) is 111 cm³/mol. The predicted octanol–water partition coefficient (Wildman–Crippen LogP) is 4.34. The van der Waals surface area contributed by atoms with Crippen molar-refractivity contribution in [3.05, 3.63) is 71.0 Å². The molecule has 0 aliphatic rings. The molecule has 27 heavy (non-hydrogen) atoms. The molecule has 0 saturated heterocycles. The van der Waals surface area contributed by atoms with Gasteiger partial charge in [0.15, 0.2) is 5.82 Å². The van der Waals surface area contributed by atoms with Crippen molar-refractivity contribution in [1.82, 2.24) is 14.9 Å². The monoisotopic (exact) mass is 382 g/mol. The van der Waals surface area contributed by atoms with Crippen LogP contribution in [0.15, 0.2) is 53.7 Å².